The molecule has 0 aliphatic heterocycles. The zero-order valence-corrected chi connectivity index (χ0v) is 16.4. The minimum Gasteiger partial charge on any atom is -0.492 e. The fraction of sp³-hybridized carbons (Fsp3) is 0.294. The monoisotopic (exact) mass is 431 g/mol. The standard InChI is InChI=1S/C17H19BrClNO3S/c1-20(10-12-23-16-6-4-15(19)5-7-16)11-13-24(21,22)17-8-2-14(18)3-9-17/h2-9H,10-13H2,1H3. The topological polar surface area (TPSA) is 46.6 Å². The summed E-state index contributed by atoms with van der Waals surface area (Å²) < 4.78 is 31.0. The highest BCUT2D eigenvalue weighted by Crippen LogP contribution is 2.16. The molecule has 7 heteroatoms. The second kappa shape index (κ2) is 8.85. The van der Waals surface area contributed by atoms with Crippen molar-refractivity contribution in [1.29, 1.82) is 0 Å². The van der Waals surface area contributed by atoms with Crippen LogP contribution in [0.5, 0.6) is 5.75 Å². The van der Waals surface area contributed by atoms with Crippen LogP contribution in [0, 0.1) is 0 Å². The molecule has 0 bridgehead atoms. The van der Waals surface area contributed by atoms with E-state index >= 15 is 0 Å². The molecule has 0 N–H and O–H groups in total. The van der Waals surface area contributed by atoms with Crippen molar-refractivity contribution in [3.63, 3.8) is 0 Å². The van der Waals surface area contributed by atoms with E-state index < -0.39 is 9.84 Å². The van der Waals surface area contributed by atoms with Crippen LogP contribution in [0.2, 0.25) is 5.02 Å². The van der Waals surface area contributed by atoms with Gasteiger partial charge in [0.2, 0.25) is 0 Å². The maximum Gasteiger partial charge on any atom is 0.179 e. The molecule has 0 aliphatic carbocycles. The lowest BCUT2D eigenvalue weighted by Gasteiger charge is -2.17. The highest BCUT2D eigenvalue weighted by molar-refractivity contribution is 9.10. The van der Waals surface area contributed by atoms with Crippen LogP contribution in [0.3, 0.4) is 0 Å². The predicted molar refractivity (Wildman–Crippen MR) is 101 cm³/mol. The number of hydrogen-bond donors (Lipinski definition) is 0. The first-order chi connectivity index (χ1) is 11.4. The van der Waals surface area contributed by atoms with Gasteiger partial charge in [-0.3, -0.25) is 0 Å². The lowest BCUT2D eigenvalue weighted by Crippen LogP contribution is -2.29. The third kappa shape index (κ3) is 6.09. The molecule has 0 radical (unpaired) electrons. The van der Waals surface area contributed by atoms with Crippen LogP contribution in [0.15, 0.2) is 57.9 Å². The zero-order chi connectivity index (χ0) is 17.6. The van der Waals surface area contributed by atoms with Gasteiger partial charge in [0, 0.05) is 22.6 Å². The summed E-state index contributed by atoms with van der Waals surface area (Å²) in [6, 6.07) is 13.8. The van der Waals surface area contributed by atoms with Gasteiger partial charge in [0.25, 0.3) is 0 Å². The van der Waals surface area contributed by atoms with Crippen molar-refractivity contribution in [2.45, 2.75) is 4.90 Å². The Morgan fingerprint density at radius 3 is 2.29 bits per heavy atom. The molecule has 0 spiro atoms. The number of sulfone groups is 1. The van der Waals surface area contributed by atoms with Crippen LogP contribution in [0.25, 0.3) is 0 Å². The molecule has 130 valence electrons. The molecule has 2 aromatic rings. The molecule has 24 heavy (non-hydrogen) atoms. The zero-order valence-electron chi connectivity index (χ0n) is 13.3. The second-order valence-corrected chi connectivity index (χ2v) is 8.84. The fourth-order valence-corrected chi connectivity index (χ4v) is 3.73. The molecule has 4 nitrogen and oxygen atoms in total. The Bertz CT molecular complexity index is 748. The lowest BCUT2D eigenvalue weighted by molar-refractivity contribution is 0.244. The van der Waals surface area contributed by atoms with E-state index in [1.54, 1.807) is 48.5 Å². The van der Waals surface area contributed by atoms with Gasteiger partial charge in [0.05, 0.1) is 10.6 Å². The summed E-state index contributed by atoms with van der Waals surface area (Å²) in [6.45, 7) is 1.57. The SMILES string of the molecule is CN(CCOc1ccc(Cl)cc1)CCS(=O)(=O)c1ccc(Br)cc1. The first-order valence-electron chi connectivity index (χ1n) is 7.42. The summed E-state index contributed by atoms with van der Waals surface area (Å²) in [6.07, 6.45) is 0. The summed E-state index contributed by atoms with van der Waals surface area (Å²) in [7, 11) is -1.39. The van der Waals surface area contributed by atoms with E-state index in [4.69, 9.17) is 16.3 Å². The molecule has 0 unspecified atom stereocenters. The molecule has 0 heterocycles. The maximum atomic E-state index is 12.3. The summed E-state index contributed by atoms with van der Waals surface area (Å²) in [5.74, 6) is 0.821. The average molecular weight is 433 g/mol. The Morgan fingerprint density at radius 2 is 1.67 bits per heavy atom. The molecule has 0 aromatic heterocycles. The summed E-state index contributed by atoms with van der Waals surface area (Å²) >= 11 is 9.12. The van der Waals surface area contributed by atoms with Gasteiger partial charge in [0.1, 0.15) is 12.4 Å². The Labute approximate surface area is 156 Å². The molecular weight excluding hydrogens is 414 g/mol. The van der Waals surface area contributed by atoms with E-state index in [0.717, 1.165) is 10.2 Å². The minimum absolute atomic E-state index is 0.0755. The first kappa shape index (κ1) is 19.2. The molecular formula is C17H19BrClNO3S. The highest BCUT2D eigenvalue weighted by Gasteiger charge is 2.15. The number of halogens is 2. The lowest BCUT2D eigenvalue weighted by atomic mass is 10.3. The molecule has 0 atom stereocenters. The Balaban J connectivity index is 1.77. The summed E-state index contributed by atoms with van der Waals surface area (Å²) in [4.78, 5) is 2.28. The number of ether oxygens (including phenoxy) is 1. The molecule has 0 amide bonds. The molecule has 0 fully saturated rings. The van der Waals surface area contributed by atoms with Gasteiger partial charge in [-0.25, -0.2) is 8.42 Å². The van der Waals surface area contributed by atoms with Gasteiger partial charge in [0.15, 0.2) is 9.84 Å². The van der Waals surface area contributed by atoms with Gasteiger partial charge >= 0.3 is 0 Å². The van der Waals surface area contributed by atoms with E-state index in [-0.39, 0.29) is 5.75 Å². The van der Waals surface area contributed by atoms with Crippen LogP contribution in [0.4, 0.5) is 0 Å². The van der Waals surface area contributed by atoms with E-state index in [1.165, 1.54) is 0 Å². The van der Waals surface area contributed by atoms with Crippen molar-refractivity contribution < 1.29 is 13.2 Å². The van der Waals surface area contributed by atoms with Crippen LogP contribution in [0.1, 0.15) is 0 Å². The van der Waals surface area contributed by atoms with Gasteiger partial charge in [-0.15, -0.1) is 0 Å². The van der Waals surface area contributed by atoms with Crippen molar-refractivity contribution in [3.8, 4) is 5.75 Å². The number of benzene rings is 2. The van der Waals surface area contributed by atoms with Gasteiger partial charge in [-0.05, 0) is 55.6 Å². The Morgan fingerprint density at radius 1 is 1.04 bits per heavy atom. The molecule has 2 rings (SSSR count). The van der Waals surface area contributed by atoms with Crippen LogP contribution in [-0.4, -0.2) is 45.8 Å². The average Bonchev–Trinajstić information content (AvgIpc) is 2.55. The van der Waals surface area contributed by atoms with E-state index in [9.17, 15) is 8.42 Å². The van der Waals surface area contributed by atoms with Crippen molar-refractivity contribution in [2.24, 2.45) is 0 Å². The van der Waals surface area contributed by atoms with Gasteiger partial charge < -0.3 is 9.64 Å². The van der Waals surface area contributed by atoms with Crippen molar-refractivity contribution >= 4 is 37.4 Å². The Kier molecular flexibility index (Phi) is 7.10. The molecule has 0 saturated heterocycles. The Hall–Kier alpha value is -1.08. The van der Waals surface area contributed by atoms with Crippen LogP contribution >= 0.6 is 27.5 Å². The predicted octanol–water partition coefficient (Wildman–Crippen LogP) is 3.89. The number of nitrogens with zero attached hydrogens (tertiary/aromatic N) is 1. The van der Waals surface area contributed by atoms with Crippen molar-refractivity contribution in [3.05, 3.63) is 58.0 Å². The second-order valence-electron chi connectivity index (χ2n) is 5.38. The normalized spacial score (nSPS) is 11.7. The summed E-state index contributed by atoms with van der Waals surface area (Å²) in [5.41, 5.74) is 0. The third-order valence-electron chi connectivity index (χ3n) is 3.47. The quantitative estimate of drug-likeness (QED) is 0.635. The smallest absolute Gasteiger partial charge is 0.179 e. The third-order valence-corrected chi connectivity index (χ3v) is 5.96. The van der Waals surface area contributed by atoms with Gasteiger partial charge in [-0.2, -0.15) is 0 Å². The van der Waals surface area contributed by atoms with Crippen molar-refractivity contribution in [2.75, 3.05) is 32.5 Å². The summed E-state index contributed by atoms with van der Waals surface area (Å²) in [5, 5.41) is 0.664. The number of hydrogen-bond acceptors (Lipinski definition) is 4. The maximum absolute atomic E-state index is 12.3. The molecule has 2 aromatic carbocycles. The minimum atomic E-state index is -3.27. The van der Waals surface area contributed by atoms with Crippen LogP contribution < -0.4 is 4.74 Å². The first-order valence-corrected chi connectivity index (χ1v) is 10.2. The molecule has 0 saturated carbocycles. The number of likely N-dealkylation sites (N-methyl/N-ethyl adjacent to an activating group) is 1. The van der Waals surface area contributed by atoms with E-state index in [1.807, 2.05) is 11.9 Å². The highest BCUT2D eigenvalue weighted by atomic mass is 79.9. The van der Waals surface area contributed by atoms with E-state index in [0.29, 0.717) is 29.6 Å². The van der Waals surface area contributed by atoms with Crippen LogP contribution in [-0.2, 0) is 9.84 Å². The van der Waals surface area contributed by atoms with Gasteiger partial charge in [-0.1, -0.05) is 27.5 Å². The fourth-order valence-electron chi connectivity index (χ4n) is 2.00. The van der Waals surface area contributed by atoms with E-state index in [2.05, 4.69) is 15.9 Å². The molecule has 0 aliphatic rings. The largest absolute Gasteiger partial charge is 0.492 e. The van der Waals surface area contributed by atoms with Crippen molar-refractivity contribution in [1.82, 2.24) is 4.90 Å². The number of rotatable bonds is 8.